The number of esters is 1. The second kappa shape index (κ2) is 6.32. The summed E-state index contributed by atoms with van der Waals surface area (Å²) in [5, 5.41) is 0.614. The lowest BCUT2D eigenvalue weighted by molar-refractivity contribution is -0.143. The Morgan fingerprint density at radius 1 is 1.40 bits per heavy atom. The van der Waals surface area contributed by atoms with Gasteiger partial charge in [-0.1, -0.05) is 12.1 Å². The molecule has 1 aromatic carbocycles. The Hall–Kier alpha value is -2.17. The first-order chi connectivity index (χ1) is 9.63. The lowest BCUT2D eigenvalue weighted by Gasteiger charge is -2.07. The zero-order valence-electron chi connectivity index (χ0n) is 11.8. The van der Waals surface area contributed by atoms with Crippen molar-refractivity contribution in [3.63, 3.8) is 0 Å². The molecule has 5 heteroatoms. The number of hydrogen-bond acceptors (Lipinski definition) is 4. The van der Waals surface area contributed by atoms with Crippen molar-refractivity contribution in [2.45, 2.75) is 33.2 Å². The minimum atomic E-state index is -0.231. The fourth-order valence-electron chi connectivity index (χ4n) is 2.12. The van der Waals surface area contributed by atoms with Crippen LogP contribution >= 0.6 is 0 Å². The largest absolute Gasteiger partial charge is 0.466 e. The number of fused-ring (bicyclic) bond motifs is 1. The van der Waals surface area contributed by atoms with E-state index in [1.807, 2.05) is 19.1 Å². The summed E-state index contributed by atoms with van der Waals surface area (Å²) in [4.78, 5) is 27.9. The molecule has 0 aliphatic carbocycles. The van der Waals surface area contributed by atoms with Gasteiger partial charge in [-0.15, -0.1) is 0 Å². The summed E-state index contributed by atoms with van der Waals surface area (Å²) in [5.74, 6) is -0.231. The maximum Gasteiger partial charge on any atom is 0.305 e. The van der Waals surface area contributed by atoms with E-state index < -0.39 is 0 Å². The van der Waals surface area contributed by atoms with Gasteiger partial charge in [-0.2, -0.15) is 0 Å². The van der Waals surface area contributed by atoms with E-state index in [0.717, 1.165) is 11.1 Å². The van der Waals surface area contributed by atoms with Gasteiger partial charge in [0.1, 0.15) is 0 Å². The maximum atomic E-state index is 12.3. The predicted molar refractivity (Wildman–Crippen MR) is 76.6 cm³/mol. The lowest BCUT2D eigenvalue weighted by atomic mass is 10.1. The van der Waals surface area contributed by atoms with Gasteiger partial charge in [0.05, 0.1) is 23.8 Å². The molecule has 0 atom stereocenters. The van der Waals surface area contributed by atoms with E-state index in [9.17, 15) is 9.59 Å². The molecule has 20 heavy (non-hydrogen) atoms. The monoisotopic (exact) mass is 274 g/mol. The fourth-order valence-corrected chi connectivity index (χ4v) is 2.12. The van der Waals surface area contributed by atoms with Crippen LogP contribution in [-0.2, 0) is 16.1 Å². The Kier molecular flexibility index (Phi) is 4.50. The second-order valence-electron chi connectivity index (χ2n) is 4.62. The van der Waals surface area contributed by atoms with Crippen LogP contribution in [0.5, 0.6) is 0 Å². The molecule has 0 fully saturated rings. The molecule has 106 valence electrons. The smallest absolute Gasteiger partial charge is 0.305 e. The highest BCUT2D eigenvalue weighted by Gasteiger charge is 2.07. The van der Waals surface area contributed by atoms with Crippen molar-refractivity contribution in [1.82, 2.24) is 9.55 Å². The highest BCUT2D eigenvalue weighted by Crippen LogP contribution is 2.11. The van der Waals surface area contributed by atoms with E-state index in [2.05, 4.69) is 4.98 Å². The average Bonchev–Trinajstić information content (AvgIpc) is 2.42. The average molecular weight is 274 g/mol. The number of carbonyl (C=O) groups excluding carboxylic acids is 1. The Morgan fingerprint density at radius 3 is 2.95 bits per heavy atom. The molecular weight excluding hydrogens is 256 g/mol. The fraction of sp³-hybridized carbons (Fsp3) is 0.400. The zero-order valence-corrected chi connectivity index (χ0v) is 11.8. The summed E-state index contributed by atoms with van der Waals surface area (Å²) in [6, 6.07) is 5.56. The molecule has 2 aromatic rings. The zero-order chi connectivity index (χ0) is 14.5. The van der Waals surface area contributed by atoms with Crippen molar-refractivity contribution in [1.29, 1.82) is 0 Å². The molecule has 5 nitrogen and oxygen atoms in total. The van der Waals surface area contributed by atoms with Crippen LogP contribution in [-0.4, -0.2) is 22.1 Å². The molecule has 0 spiro atoms. The normalized spacial score (nSPS) is 10.7. The van der Waals surface area contributed by atoms with Crippen LogP contribution in [0.1, 0.15) is 25.3 Å². The first-order valence-corrected chi connectivity index (χ1v) is 6.74. The van der Waals surface area contributed by atoms with Gasteiger partial charge < -0.3 is 4.74 Å². The summed E-state index contributed by atoms with van der Waals surface area (Å²) in [6.45, 7) is 4.56. The molecule has 0 amide bonds. The third-order valence-electron chi connectivity index (χ3n) is 3.14. The summed E-state index contributed by atoms with van der Waals surface area (Å²) in [6.07, 6.45) is 2.42. The minimum Gasteiger partial charge on any atom is -0.466 e. The second-order valence-corrected chi connectivity index (χ2v) is 4.62. The molecule has 0 radical (unpaired) electrons. The van der Waals surface area contributed by atoms with E-state index in [4.69, 9.17) is 4.74 Å². The van der Waals surface area contributed by atoms with Gasteiger partial charge in [0.25, 0.3) is 5.56 Å². The van der Waals surface area contributed by atoms with Crippen LogP contribution in [0.4, 0.5) is 0 Å². The van der Waals surface area contributed by atoms with Crippen molar-refractivity contribution in [3.05, 3.63) is 40.4 Å². The quantitative estimate of drug-likeness (QED) is 0.783. The van der Waals surface area contributed by atoms with Crippen LogP contribution in [0.15, 0.2) is 29.3 Å². The molecule has 0 aliphatic rings. The number of ether oxygens (including phenoxy) is 1. The SMILES string of the molecule is CCOC(=O)CCCn1cnc2c(C)cccc2c1=O. The Balaban J connectivity index is 2.14. The molecule has 0 saturated heterocycles. The van der Waals surface area contributed by atoms with Crippen LogP contribution in [0, 0.1) is 6.92 Å². The third kappa shape index (κ3) is 3.04. The van der Waals surface area contributed by atoms with Crippen molar-refractivity contribution >= 4 is 16.9 Å². The Labute approximate surface area is 117 Å². The van der Waals surface area contributed by atoms with E-state index in [1.165, 1.54) is 0 Å². The topological polar surface area (TPSA) is 61.2 Å². The van der Waals surface area contributed by atoms with Crippen molar-refractivity contribution in [2.75, 3.05) is 6.61 Å². The van der Waals surface area contributed by atoms with Crippen LogP contribution in [0.3, 0.4) is 0 Å². The molecule has 0 aliphatic heterocycles. The van der Waals surface area contributed by atoms with Gasteiger partial charge in [-0.25, -0.2) is 4.98 Å². The van der Waals surface area contributed by atoms with Gasteiger partial charge in [0, 0.05) is 13.0 Å². The van der Waals surface area contributed by atoms with Crippen molar-refractivity contribution in [3.8, 4) is 0 Å². The lowest BCUT2D eigenvalue weighted by Crippen LogP contribution is -2.21. The number of aromatic nitrogens is 2. The van der Waals surface area contributed by atoms with Crippen LogP contribution in [0.2, 0.25) is 0 Å². The number of carbonyl (C=O) groups is 1. The molecule has 0 unspecified atom stereocenters. The molecule has 1 heterocycles. The number of nitrogens with zero attached hydrogens (tertiary/aromatic N) is 2. The molecule has 1 aromatic heterocycles. The minimum absolute atomic E-state index is 0.0671. The van der Waals surface area contributed by atoms with E-state index in [0.29, 0.717) is 31.4 Å². The number of aryl methyl sites for hydroxylation is 2. The van der Waals surface area contributed by atoms with E-state index in [1.54, 1.807) is 23.9 Å². The highest BCUT2D eigenvalue weighted by atomic mass is 16.5. The summed E-state index contributed by atoms with van der Waals surface area (Å²) < 4.78 is 6.40. The number of hydrogen-bond donors (Lipinski definition) is 0. The standard InChI is InChI=1S/C15H18N2O3/c1-3-20-13(18)8-5-9-17-10-16-14-11(2)6-4-7-12(14)15(17)19/h4,6-7,10H,3,5,8-9H2,1-2H3. The van der Waals surface area contributed by atoms with Gasteiger partial charge in [0.2, 0.25) is 0 Å². The van der Waals surface area contributed by atoms with Crippen molar-refractivity contribution < 1.29 is 9.53 Å². The summed E-state index contributed by atoms with van der Waals surface area (Å²) in [5.41, 5.74) is 1.65. The number of para-hydroxylation sites is 1. The molecule has 0 saturated carbocycles. The first-order valence-electron chi connectivity index (χ1n) is 6.74. The number of rotatable bonds is 5. The van der Waals surface area contributed by atoms with Crippen LogP contribution in [0.25, 0.3) is 10.9 Å². The Bertz CT molecular complexity index is 676. The summed E-state index contributed by atoms with van der Waals surface area (Å²) in [7, 11) is 0. The van der Waals surface area contributed by atoms with Crippen molar-refractivity contribution in [2.24, 2.45) is 0 Å². The number of benzene rings is 1. The maximum absolute atomic E-state index is 12.3. The molecular formula is C15H18N2O3. The Morgan fingerprint density at radius 2 is 2.20 bits per heavy atom. The molecule has 0 N–H and O–H groups in total. The summed E-state index contributed by atoms with van der Waals surface area (Å²) >= 11 is 0. The van der Waals surface area contributed by atoms with Gasteiger partial charge in [0.15, 0.2) is 0 Å². The van der Waals surface area contributed by atoms with E-state index in [-0.39, 0.29) is 11.5 Å². The first kappa shape index (κ1) is 14.2. The van der Waals surface area contributed by atoms with Gasteiger partial charge >= 0.3 is 5.97 Å². The third-order valence-corrected chi connectivity index (χ3v) is 3.14. The predicted octanol–water partition coefficient (Wildman–Crippen LogP) is 2.05. The molecule has 2 rings (SSSR count). The van der Waals surface area contributed by atoms with Crippen LogP contribution < -0.4 is 5.56 Å². The van der Waals surface area contributed by atoms with Gasteiger partial charge in [-0.05, 0) is 31.9 Å². The highest BCUT2D eigenvalue weighted by molar-refractivity contribution is 5.80. The van der Waals surface area contributed by atoms with E-state index >= 15 is 0 Å². The van der Waals surface area contributed by atoms with Gasteiger partial charge in [-0.3, -0.25) is 14.2 Å². The molecule has 0 bridgehead atoms.